The van der Waals surface area contributed by atoms with Crippen LogP contribution in [0.2, 0.25) is 0 Å². The molecule has 9 atom stereocenters. The second-order valence-electron chi connectivity index (χ2n) is 11.3. The number of carbonyl (C=O) groups excluding carboxylic acids is 3. The van der Waals surface area contributed by atoms with Crippen LogP contribution in [-0.2, 0) is 28.6 Å². The molecule has 5 rings (SSSR count). The van der Waals surface area contributed by atoms with Gasteiger partial charge in [0.05, 0.1) is 12.2 Å². The van der Waals surface area contributed by atoms with Gasteiger partial charge in [0.1, 0.15) is 0 Å². The Labute approximate surface area is 200 Å². The Kier molecular flexibility index (Phi) is 5.69. The zero-order valence-electron chi connectivity index (χ0n) is 20.5. The Hall–Kier alpha value is -1.83. The molecule has 1 aliphatic heterocycles. The summed E-state index contributed by atoms with van der Waals surface area (Å²) < 4.78 is 18.0. The van der Waals surface area contributed by atoms with Gasteiger partial charge in [0.15, 0.2) is 24.3 Å². The maximum Gasteiger partial charge on any atom is 0.303 e. The summed E-state index contributed by atoms with van der Waals surface area (Å²) in [5, 5.41) is 11.7. The third kappa shape index (κ3) is 3.16. The lowest BCUT2D eigenvalue weighted by Crippen LogP contribution is -2.63. The number of aliphatic hydroxyl groups excluding tert-OH is 1. The van der Waals surface area contributed by atoms with Crippen molar-refractivity contribution in [3.05, 3.63) is 23.8 Å². The molecule has 0 amide bonds. The minimum Gasteiger partial charge on any atom is -0.458 e. The van der Waals surface area contributed by atoms with Gasteiger partial charge in [0, 0.05) is 23.7 Å². The molecule has 4 fully saturated rings. The van der Waals surface area contributed by atoms with Crippen molar-refractivity contribution in [2.24, 2.45) is 28.6 Å². The van der Waals surface area contributed by atoms with Gasteiger partial charge < -0.3 is 19.3 Å². The molecule has 0 spiro atoms. The maximum absolute atomic E-state index is 13.7. The first kappa shape index (κ1) is 23.9. The summed E-state index contributed by atoms with van der Waals surface area (Å²) in [6.07, 6.45) is 8.04. The first-order valence-corrected chi connectivity index (χ1v) is 12.7. The van der Waals surface area contributed by atoms with Crippen molar-refractivity contribution in [3.63, 3.8) is 0 Å². The molecule has 1 unspecified atom stereocenters. The van der Waals surface area contributed by atoms with Crippen molar-refractivity contribution in [1.29, 1.82) is 0 Å². The normalized spacial score (nSPS) is 46.7. The second kappa shape index (κ2) is 8.10. The summed E-state index contributed by atoms with van der Waals surface area (Å²) in [6.45, 7) is 7.18. The largest absolute Gasteiger partial charge is 0.458 e. The van der Waals surface area contributed by atoms with Crippen molar-refractivity contribution < 1.29 is 33.7 Å². The minimum absolute atomic E-state index is 0.00949. The van der Waals surface area contributed by atoms with Crippen LogP contribution in [0.3, 0.4) is 0 Å². The molecule has 34 heavy (non-hydrogen) atoms. The molecule has 1 saturated heterocycles. The molecule has 4 aliphatic carbocycles. The molecule has 186 valence electrons. The molecule has 7 heteroatoms. The van der Waals surface area contributed by atoms with Gasteiger partial charge in [-0.1, -0.05) is 38.8 Å². The van der Waals surface area contributed by atoms with Gasteiger partial charge in [0.2, 0.25) is 5.78 Å². The standard InChI is InChI=1S/C27H36O7/c1-5-6-23-33-22-12-19-18-8-7-16-11-17(29)9-10-25(16,3)24(18)20(30)13-26(19,4)27(22,34-23)21(31)14-32-15(2)28/h9-11,18-20,22-24,30H,5-8,12-14H2,1-4H3/t18-,19-,20-,22+,23?,24+,25-,26-,27+/m0/s1. The highest BCUT2D eigenvalue weighted by molar-refractivity contribution is 6.01. The quantitative estimate of drug-likeness (QED) is 0.613. The summed E-state index contributed by atoms with van der Waals surface area (Å²) in [7, 11) is 0. The van der Waals surface area contributed by atoms with Crippen molar-refractivity contribution >= 4 is 17.5 Å². The first-order valence-electron chi connectivity index (χ1n) is 12.7. The van der Waals surface area contributed by atoms with Gasteiger partial charge in [0.25, 0.3) is 0 Å². The zero-order chi connectivity index (χ0) is 24.5. The number of esters is 1. The molecule has 0 aromatic rings. The van der Waals surface area contributed by atoms with E-state index in [4.69, 9.17) is 14.2 Å². The lowest BCUT2D eigenvalue weighted by atomic mass is 9.46. The number of hydrogen-bond donors (Lipinski definition) is 1. The van der Waals surface area contributed by atoms with Gasteiger partial charge in [-0.2, -0.15) is 0 Å². The molecule has 1 heterocycles. The van der Waals surface area contributed by atoms with E-state index in [1.165, 1.54) is 6.92 Å². The summed E-state index contributed by atoms with van der Waals surface area (Å²) in [5.74, 6) is -0.538. The third-order valence-corrected chi connectivity index (χ3v) is 9.63. The van der Waals surface area contributed by atoms with E-state index in [2.05, 4.69) is 13.8 Å². The number of aliphatic hydroxyl groups is 1. The van der Waals surface area contributed by atoms with Crippen molar-refractivity contribution in [2.75, 3.05) is 6.61 Å². The van der Waals surface area contributed by atoms with E-state index in [1.54, 1.807) is 12.2 Å². The number of allylic oxidation sites excluding steroid dienone is 4. The molecule has 0 radical (unpaired) electrons. The number of fused-ring (bicyclic) bond motifs is 7. The Balaban J connectivity index is 1.53. The van der Waals surface area contributed by atoms with E-state index < -0.39 is 35.5 Å². The average Bonchev–Trinajstić information content (AvgIpc) is 3.25. The van der Waals surface area contributed by atoms with Crippen LogP contribution in [0.15, 0.2) is 23.8 Å². The van der Waals surface area contributed by atoms with Crippen LogP contribution in [0.25, 0.3) is 0 Å². The molecule has 3 saturated carbocycles. The number of carbonyl (C=O) groups is 3. The second-order valence-corrected chi connectivity index (χ2v) is 11.3. The molecule has 0 aromatic heterocycles. The zero-order valence-corrected chi connectivity index (χ0v) is 20.5. The maximum atomic E-state index is 13.7. The van der Waals surface area contributed by atoms with Crippen molar-refractivity contribution in [3.8, 4) is 0 Å². The smallest absolute Gasteiger partial charge is 0.303 e. The van der Waals surface area contributed by atoms with E-state index in [0.29, 0.717) is 19.3 Å². The molecular formula is C27H36O7. The Morgan fingerprint density at radius 2 is 2.06 bits per heavy atom. The predicted molar refractivity (Wildman–Crippen MR) is 122 cm³/mol. The SMILES string of the molecule is CCCC1O[C@@H]2C[C@H]3[C@@H]4CCC5=CC(=O)C=C[C@]5(C)[C@H]4[C@@H](O)C[C@]3(C)[C@]2(C(=O)COC(C)=O)O1. The van der Waals surface area contributed by atoms with Gasteiger partial charge in [-0.25, -0.2) is 0 Å². The molecule has 0 bridgehead atoms. The number of Topliss-reactive ketones (excluding diaryl/α,β-unsaturated/α-hetero) is 1. The number of rotatable bonds is 5. The van der Waals surface area contributed by atoms with Gasteiger partial charge in [-0.15, -0.1) is 0 Å². The average molecular weight is 473 g/mol. The van der Waals surface area contributed by atoms with Gasteiger partial charge in [-0.05, 0) is 56.1 Å². The van der Waals surface area contributed by atoms with E-state index in [-0.39, 0.29) is 41.3 Å². The lowest BCUT2D eigenvalue weighted by molar-refractivity contribution is -0.201. The van der Waals surface area contributed by atoms with Crippen LogP contribution in [-0.4, -0.2) is 53.3 Å². The molecule has 7 nitrogen and oxygen atoms in total. The van der Waals surface area contributed by atoms with Crippen LogP contribution in [0.1, 0.15) is 66.2 Å². The van der Waals surface area contributed by atoms with Crippen LogP contribution < -0.4 is 0 Å². The topological polar surface area (TPSA) is 99.1 Å². The van der Waals surface area contributed by atoms with Crippen LogP contribution >= 0.6 is 0 Å². The fourth-order valence-electron chi connectivity index (χ4n) is 8.28. The number of hydrogen-bond acceptors (Lipinski definition) is 7. The highest BCUT2D eigenvalue weighted by Crippen LogP contribution is 2.69. The van der Waals surface area contributed by atoms with Crippen molar-refractivity contribution in [1.82, 2.24) is 0 Å². The molecule has 0 aromatic carbocycles. The van der Waals surface area contributed by atoms with Gasteiger partial charge in [-0.3, -0.25) is 14.4 Å². The van der Waals surface area contributed by atoms with Crippen LogP contribution in [0, 0.1) is 28.6 Å². The predicted octanol–water partition coefficient (Wildman–Crippen LogP) is 3.29. The Bertz CT molecular complexity index is 968. The first-order chi connectivity index (χ1) is 16.1. The summed E-state index contributed by atoms with van der Waals surface area (Å²) in [5.41, 5.74) is -1.17. The fourth-order valence-corrected chi connectivity index (χ4v) is 8.28. The fraction of sp³-hybridized carbons (Fsp3) is 0.741. The van der Waals surface area contributed by atoms with Crippen LogP contribution in [0.4, 0.5) is 0 Å². The highest BCUT2D eigenvalue weighted by atomic mass is 16.7. The molecule has 5 aliphatic rings. The van der Waals surface area contributed by atoms with E-state index >= 15 is 0 Å². The monoisotopic (exact) mass is 472 g/mol. The van der Waals surface area contributed by atoms with E-state index in [0.717, 1.165) is 24.8 Å². The van der Waals surface area contributed by atoms with Gasteiger partial charge >= 0.3 is 5.97 Å². The highest BCUT2D eigenvalue weighted by Gasteiger charge is 2.75. The molecule has 1 N–H and O–H groups in total. The Morgan fingerprint density at radius 1 is 1.29 bits per heavy atom. The van der Waals surface area contributed by atoms with Crippen molar-refractivity contribution in [2.45, 2.75) is 90.3 Å². The summed E-state index contributed by atoms with van der Waals surface area (Å²) in [6, 6.07) is 0. The third-order valence-electron chi connectivity index (χ3n) is 9.63. The van der Waals surface area contributed by atoms with Crippen LogP contribution in [0.5, 0.6) is 0 Å². The summed E-state index contributed by atoms with van der Waals surface area (Å²) >= 11 is 0. The van der Waals surface area contributed by atoms with E-state index in [9.17, 15) is 19.5 Å². The number of ether oxygens (including phenoxy) is 3. The minimum atomic E-state index is -1.24. The lowest BCUT2D eigenvalue weighted by Gasteiger charge is -2.59. The Morgan fingerprint density at radius 3 is 2.76 bits per heavy atom. The number of ketones is 2. The summed E-state index contributed by atoms with van der Waals surface area (Å²) in [4.78, 5) is 37.3. The molecular weight excluding hydrogens is 436 g/mol. The van der Waals surface area contributed by atoms with E-state index in [1.807, 2.05) is 13.0 Å².